The molecule has 0 spiro atoms. The molecule has 6 aromatic carbocycles. The molecule has 12 nitrogen and oxygen atoms in total. The van der Waals surface area contributed by atoms with Crippen LogP contribution >= 0.6 is 0 Å². The first kappa shape index (κ1) is 36.4. The Labute approximate surface area is 306 Å². The highest BCUT2D eigenvalue weighted by molar-refractivity contribution is 7.87. The van der Waals surface area contributed by atoms with Crippen molar-refractivity contribution in [1.29, 1.82) is 0 Å². The van der Waals surface area contributed by atoms with E-state index in [-0.39, 0.29) is 32.4 Å². The number of rotatable bonds is 12. The van der Waals surface area contributed by atoms with Crippen molar-refractivity contribution in [1.82, 2.24) is 10.9 Å². The first-order chi connectivity index (χ1) is 25.4. The van der Waals surface area contributed by atoms with Gasteiger partial charge in [0, 0.05) is 11.1 Å². The van der Waals surface area contributed by atoms with Crippen LogP contribution in [0.25, 0.3) is 21.5 Å². The number of nitrogens with zero attached hydrogens (tertiary/aromatic N) is 2. The van der Waals surface area contributed by atoms with Gasteiger partial charge in [0.25, 0.3) is 0 Å². The molecular weight excluding hydrogens is 717 g/mol. The summed E-state index contributed by atoms with van der Waals surface area (Å²) < 4.78 is 63.3. The molecule has 0 aliphatic carbocycles. The number of fused-ring (bicyclic) bond motifs is 2. The third-order valence-corrected chi connectivity index (χ3v) is 10.5. The number of benzene rings is 6. The number of hydrogen-bond acceptors (Lipinski definition) is 10. The molecule has 268 valence electrons. The highest BCUT2D eigenvalue weighted by atomic mass is 32.2. The maximum atomic E-state index is 13.1. The fourth-order valence-electron chi connectivity index (χ4n) is 5.27. The van der Waals surface area contributed by atoms with Crippen molar-refractivity contribution in [3.63, 3.8) is 0 Å². The van der Waals surface area contributed by atoms with Crippen molar-refractivity contribution in [2.45, 2.75) is 30.1 Å². The highest BCUT2D eigenvalue weighted by Crippen LogP contribution is 2.31. The van der Waals surface area contributed by atoms with E-state index in [4.69, 9.17) is 8.37 Å². The van der Waals surface area contributed by atoms with Crippen molar-refractivity contribution in [3.05, 3.63) is 144 Å². The summed E-state index contributed by atoms with van der Waals surface area (Å²) in [4.78, 5) is 25.3. The molecular formula is C39H32N4O8S2. The van der Waals surface area contributed by atoms with E-state index in [1.54, 1.807) is 60.7 Å². The van der Waals surface area contributed by atoms with Crippen molar-refractivity contribution >= 4 is 66.0 Å². The predicted octanol–water partition coefficient (Wildman–Crippen LogP) is 6.14. The zero-order valence-corrected chi connectivity index (χ0v) is 30.0. The summed E-state index contributed by atoms with van der Waals surface area (Å²) in [7, 11) is -8.40. The molecule has 0 unspecified atom stereocenters. The highest BCUT2D eigenvalue weighted by Gasteiger charge is 2.21. The maximum Gasteiger partial charge on any atom is 0.339 e. The monoisotopic (exact) mass is 748 g/mol. The van der Waals surface area contributed by atoms with Crippen LogP contribution < -0.4 is 19.2 Å². The topological polar surface area (TPSA) is 170 Å². The van der Waals surface area contributed by atoms with Gasteiger partial charge in [-0.1, -0.05) is 96.1 Å². The lowest BCUT2D eigenvalue weighted by Gasteiger charge is -2.12. The van der Waals surface area contributed by atoms with Crippen LogP contribution in [0.1, 0.15) is 28.7 Å². The summed E-state index contributed by atoms with van der Waals surface area (Å²) in [5, 5.41) is 10.7. The van der Waals surface area contributed by atoms with Crippen LogP contribution in [0.4, 0.5) is 0 Å². The Hall–Kier alpha value is -6.38. The largest absolute Gasteiger partial charge is 0.378 e. The van der Waals surface area contributed by atoms with Crippen LogP contribution in [0.3, 0.4) is 0 Å². The zero-order chi connectivity index (χ0) is 37.6. The SMILES string of the molecule is Cc1ccc(S(=O)(=O)Oc2ccc3ccccc3c2/C=N/NC(=O)CC(=O)N/N=C/c2c(OS(=O)(=O)c3ccc(C)cc3)ccc3ccccc23)cc1. The lowest BCUT2D eigenvalue weighted by molar-refractivity contribution is -0.129. The number of hydrogen-bond donors (Lipinski definition) is 2. The van der Waals surface area contributed by atoms with E-state index in [9.17, 15) is 26.4 Å². The van der Waals surface area contributed by atoms with E-state index < -0.39 is 38.5 Å². The Morgan fingerprint density at radius 2 is 0.925 bits per heavy atom. The first-order valence-electron chi connectivity index (χ1n) is 16.1. The lowest BCUT2D eigenvalue weighted by Crippen LogP contribution is -2.27. The van der Waals surface area contributed by atoms with E-state index in [1.165, 1.54) is 48.8 Å². The van der Waals surface area contributed by atoms with Gasteiger partial charge in [-0.3, -0.25) is 9.59 Å². The van der Waals surface area contributed by atoms with Gasteiger partial charge >= 0.3 is 20.2 Å². The fourth-order valence-corrected chi connectivity index (χ4v) is 7.16. The van der Waals surface area contributed by atoms with Crippen LogP contribution in [0, 0.1) is 13.8 Å². The smallest absolute Gasteiger partial charge is 0.339 e. The molecule has 0 heterocycles. The Morgan fingerprint density at radius 3 is 1.32 bits per heavy atom. The average molecular weight is 749 g/mol. The number of nitrogens with one attached hydrogen (secondary N) is 2. The molecule has 53 heavy (non-hydrogen) atoms. The predicted molar refractivity (Wildman–Crippen MR) is 202 cm³/mol. The van der Waals surface area contributed by atoms with Gasteiger partial charge in [0.2, 0.25) is 11.8 Å². The fraction of sp³-hybridized carbons (Fsp3) is 0.0769. The number of amides is 2. The van der Waals surface area contributed by atoms with Gasteiger partial charge in [0.05, 0.1) is 12.4 Å². The van der Waals surface area contributed by atoms with Crippen molar-refractivity contribution in [2.24, 2.45) is 10.2 Å². The third kappa shape index (κ3) is 8.75. The summed E-state index contributed by atoms with van der Waals surface area (Å²) in [6.07, 6.45) is 1.81. The Kier molecular flexibility index (Phi) is 10.6. The standard InChI is InChI=1S/C39H32N4O8S2/c1-26-11-17-30(18-12-26)52(46,47)50-36-21-15-28-7-3-5-9-32(28)34(36)24-40-42-38(44)23-39(45)43-41-25-35-33-10-6-4-8-29(33)16-22-37(35)51-53(48,49)31-19-13-27(2)14-20-31/h3-22,24-25H,23H2,1-2H3,(H,42,44)(H,43,45)/b40-24+,41-25+. The van der Waals surface area contributed by atoms with Crippen molar-refractivity contribution in [2.75, 3.05) is 0 Å². The van der Waals surface area contributed by atoms with Gasteiger partial charge in [-0.15, -0.1) is 0 Å². The quantitative estimate of drug-likeness (QED) is 0.0651. The molecule has 0 aliphatic rings. The number of hydrazone groups is 2. The lowest BCUT2D eigenvalue weighted by atomic mass is 10.0. The van der Waals surface area contributed by atoms with E-state index >= 15 is 0 Å². The third-order valence-electron chi connectivity index (χ3n) is 7.97. The summed E-state index contributed by atoms with van der Waals surface area (Å²) in [5.41, 5.74) is 6.87. The molecule has 6 rings (SSSR count). The molecule has 0 saturated heterocycles. The molecule has 6 aromatic rings. The zero-order valence-electron chi connectivity index (χ0n) is 28.4. The minimum absolute atomic E-state index is 0.0159. The molecule has 2 N–H and O–H groups in total. The van der Waals surface area contributed by atoms with Gasteiger partial charge in [0.1, 0.15) is 16.2 Å². The van der Waals surface area contributed by atoms with E-state index in [2.05, 4.69) is 21.1 Å². The summed E-state index contributed by atoms with van der Waals surface area (Å²) >= 11 is 0. The van der Waals surface area contributed by atoms with Gasteiger partial charge < -0.3 is 8.37 Å². The van der Waals surface area contributed by atoms with Crippen LogP contribution in [0.2, 0.25) is 0 Å². The van der Waals surface area contributed by atoms with E-state index in [0.29, 0.717) is 10.8 Å². The molecule has 0 bridgehead atoms. The summed E-state index contributed by atoms with van der Waals surface area (Å²) in [6.45, 7) is 3.67. The number of aryl methyl sites for hydroxylation is 2. The molecule has 14 heteroatoms. The Morgan fingerprint density at radius 1 is 0.547 bits per heavy atom. The van der Waals surface area contributed by atoms with Crippen LogP contribution in [0.15, 0.2) is 141 Å². The molecule has 0 fully saturated rings. The Balaban J connectivity index is 1.15. The molecule has 0 saturated carbocycles. The maximum absolute atomic E-state index is 13.1. The minimum Gasteiger partial charge on any atom is -0.378 e. The second kappa shape index (κ2) is 15.5. The summed E-state index contributed by atoms with van der Waals surface area (Å²) in [6, 6.07) is 33.1. The summed E-state index contributed by atoms with van der Waals surface area (Å²) in [5.74, 6) is -1.61. The molecule has 0 aliphatic heterocycles. The van der Waals surface area contributed by atoms with Gasteiger partial charge in [0.15, 0.2) is 11.5 Å². The van der Waals surface area contributed by atoms with Crippen LogP contribution in [0.5, 0.6) is 11.5 Å². The minimum atomic E-state index is -4.20. The van der Waals surface area contributed by atoms with Gasteiger partial charge in [-0.2, -0.15) is 27.0 Å². The molecule has 2 amide bonds. The Bertz CT molecular complexity index is 2440. The average Bonchev–Trinajstić information content (AvgIpc) is 3.13. The molecule has 0 atom stereocenters. The molecule has 0 aromatic heterocycles. The van der Waals surface area contributed by atoms with Crippen molar-refractivity contribution in [3.8, 4) is 11.5 Å². The van der Waals surface area contributed by atoms with Crippen LogP contribution in [-0.2, 0) is 29.8 Å². The van der Waals surface area contributed by atoms with Crippen molar-refractivity contribution < 1.29 is 34.8 Å². The van der Waals surface area contributed by atoms with Crippen LogP contribution in [-0.4, -0.2) is 41.1 Å². The normalized spacial score (nSPS) is 12.0. The number of carbonyl (C=O) groups is 2. The second-order valence-corrected chi connectivity index (χ2v) is 15.0. The number of carbonyl (C=O) groups excluding carboxylic acids is 2. The van der Waals surface area contributed by atoms with Gasteiger partial charge in [-0.05, 0) is 71.8 Å². The first-order valence-corrected chi connectivity index (χ1v) is 18.9. The van der Waals surface area contributed by atoms with Gasteiger partial charge in [-0.25, -0.2) is 10.9 Å². The molecule has 0 radical (unpaired) electrons. The van der Waals surface area contributed by atoms with E-state index in [1.807, 2.05) is 38.1 Å². The van der Waals surface area contributed by atoms with E-state index in [0.717, 1.165) is 21.9 Å². The second-order valence-electron chi connectivity index (χ2n) is 11.9.